The van der Waals surface area contributed by atoms with Crippen LogP contribution in [-0.2, 0) is 9.59 Å². The summed E-state index contributed by atoms with van der Waals surface area (Å²) in [5, 5.41) is 12.0. The van der Waals surface area contributed by atoms with E-state index in [4.69, 9.17) is 14.6 Å². The van der Waals surface area contributed by atoms with Crippen molar-refractivity contribution in [1.29, 1.82) is 0 Å². The van der Waals surface area contributed by atoms with Gasteiger partial charge in [0.15, 0.2) is 23.3 Å². The summed E-state index contributed by atoms with van der Waals surface area (Å²) >= 11 is 4.59. The molecule has 0 saturated carbocycles. The molecule has 0 bridgehead atoms. The van der Waals surface area contributed by atoms with E-state index in [0.717, 1.165) is 11.3 Å². The number of nitrogens with one attached hydrogen (secondary N) is 1. The monoisotopic (exact) mass is 476 g/mol. The number of carboxylic acids is 1. The van der Waals surface area contributed by atoms with Gasteiger partial charge in [-0.25, -0.2) is 9.79 Å². The maximum absolute atomic E-state index is 12.3. The number of amidine groups is 1. The molecule has 29 heavy (non-hydrogen) atoms. The summed E-state index contributed by atoms with van der Waals surface area (Å²) in [4.78, 5) is 28.0. The predicted octanol–water partition coefficient (Wildman–Crippen LogP) is 4.12. The number of benzene rings is 2. The third-order valence-corrected chi connectivity index (χ3v) is 5.30. The molecule has 0 radical (unpaired) electrons. The Kier molecular flexibility index (Phi) is 6.60. The van der Waals surface area contributed by atoms with E-state index in [1.807, 2.05) is 31.2 Å². The number of aryl methyl sites for hydroxylation is 1. The Hall–Kier alpha value is -2.78. The maximum Gasteiger partial charge on any atom is 0.341 e. The first kappa shape index (κ1) is 20.9. The van der Waals surface area contributed by atoms with Crippen molar-refractivity contribution in [2.45, 2.75) is 6.92 Å². The minimum Gasteiger partial charge on any atom is -0.493 e. The number of aliphatic carboxylic acids is 1. The Balaban J connectivity index is 1.84. The molecule has 9 heteroatoms. The molecule has 0 aromatic heterocycles. The van der Waals surface area contributed by atoms with Crippen LogP contribution < -0.4 is 14.8 Å². The first-order valence-corrected chi connectivity index (χ1v) is 10.0. The molecule has 150 valence electrons. The van der Waals surface area contributed by atoms with Gasteiger partial charge in [-0.1, -0.05) is 17.7 Å². The van der Waals surface area contributed by atoms with Crippen molar-refractivity contribution in [3.05, 3.63) is 56.9 Å². The van der Waals surface area contributed by atoms with Crippen molar-refractivity contribution >= 4 is 56.5 Å². The molecule has 0 spiro atoms. The van der Waals surface area contributed by atoms with E-state index in [1.54, 1.807) is 18.2 Å². The molecule has 2 aromatic rings. The van der Waals surface area contributed by atoms with Gasteiger partial charge in [0.05, 0.1) is 22.2 Å². The average Bonchev–Trinajstić information content (AvgIpc) is 3.01. The van der Waals surface area contributed by atoms with Crippen LogP contribution in [0.15, 0.2) is 50.8 Å². The van der Waals surface area contributed by atoms with Crippen molar-refractivity contribution in [2.75, 3.05) is 13.7 Å². The van der Waals surface area contributed by atoms with Gasteiger partial charge in [-0.3, -0.25) is 4.79 Å². The lowest BCUT2D eigenvalue weighted by molar-refractivity contribution is -0.139. The van der Waals surface area contributed by atoms with Crippen LogP contribution in [0.25, 0.3) is 6.08 Å². The zero-order valence-corrected chi connectivity index (χ0v) is 18.0. The van der Waals surface area contributed by atoms with Crippen LogP contribution in [-0.4, -0.2) is 35.9 Å². The molecule has 1 aliphatic rings. The first-order chi connectivity index (χ1) is 13.9. The number of hydrogen-bond donors (Lipinski definition) is 2. The van der Waals surface area contributed by atoms with E-state index in [0.29, 0.717) is 25.9 Å². The number of ether oxygens (including phenoxy) is 2. The molecule has 0 unspecified atom stereocenters. The molecular weight excluding hydrogens is 460 g/mol. The second kappa shape index (κ2) is 9.15. The van der Waals surface area contributed by atoms with Crippen molar-refractivity contribution in [2.24, 2.45) is 4.99 Å². The van der Waals surface area contributed by atoms with Gasteiger partial charge in [0.2, 0.25) is 0 Å². The lowest BCUT2D eigenvalue weighted by Gasteiger charge is -2.12. The number of rotatable bonds is 6. The molecule has 1 amide bonds. The zero-order valence-electron chi connectivity index (χ0n) is 15.6. The third-order valence-electron chi connectivity index (χ3n) is 3.81. The fraction of sp³-hybridized carbons (Fsp3) is 0.150. The minimum atomic E-state index is -1.09. The average molecular weight is 477 g/mol. The molecule has 1 heterocycles. The smallest absolute Gasteiger partial charge is 0.341 e. The van der Waals surface area contributed by atoms with Gasteiger partial charge < -0.3 is 19.9 Å². The highest BCUT2D eigenvalue weighted by Gasteiger charge is 2.24. The lowest BCUT2D eigenvalue weighted by atomic mass is 10.2. The molecule has 0 atom stereocenters. The molecule has 1 aliphatic heterocycles. The van der Waals surface area contributed by atoms with Crippen molar-refractivity contribution in [3.8, 4) is 11.5 Å². The normalized spacial score (nSPS) is 16.2. The summed E-state index contributed by atoms with van der Waals surface area (Å²) in [5.74, 6) is -0.710. The van der Waals surface area contributed by atoms with E-state index in [-0.39, 0.29) is 11.7 Å². The molecule has 0 aliphatic carbocycles. The second-order valence-corrected chi connectivity index (χ2v) is 7.92. The highest BCUT2D eigenvalue weighted by atomic mass is 79.9. The third kappa shape index (κ3) is 5.39. The number of aliphatic imine (C=N–C) groups is 1. The van der Waals surface area contributed by atoms with E-state index in [9.17, 15) is 9.59 Å². The standard InChI is InChI=1S/C20H17BrN2O5S/c1-11-3-5-13(6-4-11)22-20-23-19(26)16(29-20)9-12-7-14(21)18(15(8-12)27-2)28-10-17(24)25/h3-9H,10H2,1-2H3,(H,24,25)(H,22,23,26). The van der Waals surface area contributed by atoms with Crippen LogP contribution in [0.3, 0.4) is 0 Å². The van der Waals surface area contributed by atoms with Crippen LogP contribution in [0.5, 0.6) is 11.5 Å². The topological polar surface area (TPSA) is 97.2 Å². The van der Waals surface area contributed by atoms with Gasteiger partial charge in [0.1, 0.15) is 0 Å². The zero-order chi connectivity index (χ0) is 21.0. The number of carbonyl (C=O) groups is 2. The summed E-state index contributed by atoms with van der Waals surface area (Å²) in [6, 6.07) is 11.1. The molecule has 2 aromatic carbocycles. The summed E-state index contributed by atoms with van der Waals surface area (Å²) in [7, 11) is 1.45. The summed E-state index contributed by atoms with van der Waals surface area (Å²) in [5.41, 5.74) is 2.57. The fourth-order valence-corrected chi connectivity index (χ4v) is 3.88. The number of nitrogens with zero attached hydrogens (tertiary/aromatic N) is 1. The predicted molar refractivity (Wildman–Crippen MR) is 116 cm³/mol. The van der Waals surface area contributed by atoms with Crippen LogP contribution in [0.1, 0.15) is 11.1 Å². The molecule has 3 rings (SSSR count). The second-order valence-electron chi connectivity index (χ2n) is 6.03. The van der Waals surface area contributed by atoms with Gasteiger partial charge in [-0.15, -0.1) is 0 Å². The minimum absolute atomic E-state index is 0.248. The van der Waals surface area contributed by atoms with Gasteiger partial charge in [-0.05, 0) is 70.5 Å². The van der Waals surface area contributed by atoms with Crippen LogP contribution in [0, 0.1) is 6.92 Å². The van der Waals surface area contributed by atoms with Crippen LogP contribution in [0.2, 0.25) is 0 Å². The Labute approximate surface area is 179 Å². The number of halogens is 1. The van der Waals surface area contributed by atoms with Crippen LogP contribution >= 0.6 is 27.7 Å². The summed E-state index contributed by atoms with van der Waals surface area (Å²) < 4.78 is 11.1. The van der Waals surface area contributed by atoms with Crippen molar-refractivity contribution in [1.82, 2.24) is 5.32 Å². The first-order valence-electron chi connectivity index (χ1n) is 8.44. The SMILES string of the molecule is COc1cc(C=C2SC(=Nc3ccc(C)cc3)NC2=O)cc(Br)c1OCC(=O)O. The Morgan fingerprint density at radius 3 is 2.69 bits per heavy atom. The van der Waals surface area contributed by atoms with Crippen molar-refractivity contribution < 1.29 is 24.2 Å². The Bertz CT molecular complexity index is 1020. The number of carbonyl (C=O) groups excluding carboxylic acids is 1. The van der Waals surface area contributed by atoms with E-state index in [1.165, 1.54) is 18.9 Å². The number of amides is 1. The number of thioether (sulfide) groups is 1. The number of hydrogen-bond acceptors (Lipinski definition) is 6. The summed E-state index contributed by atoms with van der Waals surface area (Å²) in [6.07, 6.45) is 1.70. The molecule has 1 fully saturated rings. The number of carboxylic acid groups (broad SMARTS) is 1. The quantitative estimate of drug-likeness (QED) is 0.608. The lowest BCUT2D eigenvalue weighted by Crippen LogP contribution is -2.19. The molecule has 2 N–H and O–H groups in total. The summed E-state index contributed by atoms with van der Waals surface area (Å²) in [6.45, 7) is 1.50. The molecular formula is C20H17BrN2O5S. The Morgan fingerprint density at radius 1 is 1.31 bits per heavy atom. The fourth-order valence-electron chi connectivity index (χ4n) is 2.47. The van der Waals surface area contributed by atoms with Gasteiger partial charge in [0, 0.05) is 0 Å². The van der Waals surface area contributed by atoms with Gasteiger partial charge >= 0.3 is 5.97 Å². The van der Waals surface area contributed by atoms with E-state index < -0.39 is 12.6 Å². The molecule has 1 saturated heterocycles. The molecule has 7 nitrogen and oxygen atoms in total. The van der Waals surface area contributed by atoms with E-state index >= 15 is 0 Å². The van der Waals surface area contributed by atoms with Crippen molar-refractivity contribution in [3.63, 3.8) is 0 Å². The largest absolute Gasteiger partial charge is 0.493 e. The van der Waals surface area contributed by atoms with Crippen LogP contribution in [0.4, 0.5) is 5.69 Å². The van der Waals surface area contributed by atoms with E-state index in [2.05, 4.69) is 26.2 Å². The van der Waals surface area contributed by atoms with Gasteiger partial charge in [0.25, 0.3) is 5.91 Å². The highest BCUT2D eigenvalue weighted by Crippen LogP contribution is 2.38. The van der Waals surface area contributed by atoms with Gasteiger partial charge in [-0.2, -0.15) is 0 Å². The number of methoxy groups -OCH3 is 1. The highest BCUT2D eigenvalue weighted by molar-refractivity contribution is 9.10. The maximum atomic E-state index is 12.3. The Morgan fingerprint density at radius 2 is 2.03 bits per heavy atom.